The fourth-order valence-electron chi connectivity index (χ4n) is 1.79. The predicted molar refractivity (Wildman–Crippen MR) is 70.0 cm³/mol. The van der Waals surface area contributed by atoms with Crippen molar-refractivity contribution in [3.8, 4) is 11.3 Å². The second-order valence-electron chi connectivity index (χ2n) is 3.73. The lowest BCUT2D eigenvalue weighted by Crippen LogP contribution is -2.01. The van der Waals surface area contributed by atoms with E-state index in [1.54, 1.807) is 6.92 Å². The summed E-state index contributed by atoms with van der Waals surface area (Å²) in [4.78, 5) is 14.1. The third kappa shape index (κ3) is 2.06. The van der Waals surface area contributed by atoms with E-state index in [-0.39, 0.29) is 11.3 Å². The number of aromatic carboxylic acids is 1. The van der Waals surface area contributed by atoms with Crippen LogP contribution >= 0.6 is 15.9 Å². The molecule has 5 heteroatoms. The molecule has 2 aromatic rings. The summed E-state index contributed by atoms with van der Waals surface area (Å²) in [6.07, 6.45) is 0. The molecule has 0 saturated heterocycles. The van der Waals surface area contributed by atoms with Crippen LogP contribution in [0.5, 0.6) is 0 Å². The van der Waals surface area contributed by atoms with Gasteiger partial charge in [-0.15, -0.1) is 0 Å². The summed E-state index contributed by atoms with van der Waals surface area (Å²) in [7, 11) is 0. The first-order valence-electron chi connectivity index (χ1n) is 4.98. The van der Waals surface area contributed by atoms with E-state index in [0.717, 1.165) is 10.0 Å². The molecule has 0 bridgehead atoms. The Kier molecular flexibility index (Phi) is 2.93. The number of nitrogens with two attached hydrogens (primary N) is 1. The van der Waals surface area contributed by atoms with Crippen LogP contribution in [0.3, 0.4) is 0 Å². The van der Waals surface area contributed by atoms with E-state index in [0.29, 0.717) is 11.4 Å². The van der Waals surface area contributed by atoms with Crippen LogP contribution in [0.25, 0.3) is 11.3 Å². The molecule has 0 amide bonds. The molecule has 0 radical (unpaired) electrons. The Balaban J connectivity index is 2.62. The Morgan fingerprint density at radius 2 is 2.18 bits per heavy atom. The van der Waals surface area contributed by atoms with Crippen molar-refractivity contribution in [2.24, 2.45) is 0 Å². The zero-order valence-electron chi connectivity index (χ0n) is 9.12. The van der Waals surface area contributed by atoms with E-state index in [1.165, 1.54) is 0 Å². The average Bonchev–Trinajstić information content (AvgIpc) is 2.54. The van der Waals surface area contributed by atoms with Gasteiger partial charge in [-0.1, -0.05) is 28.1 Å². The molecule has 1 aromatic carbocycles. The van der Waals surface area contributed by atoms with Crippen molar-refractivity contribution in [2.75, 3.05) is 5.73 Å². The summed E-state index contributed by atoms with van der Waals surface area (Å²) in [6, 6.07) is 7.52. The number of aryl methyl sites for hydroxylation is 1. The normalized spacial score (nSPS) is 10.5. The first-order valence-corrected chi connectivity index (χ1v) is 5.77. The SMILES string of the molecule is Cc1[nH]c(-c2cccc(Br)c2)c(N)c1C(=O)O. The Bertz CT molecular complexity index is 590. The van der Waals surface area contributed by atoms with Crippen LogP contribution in [0, 0.1) is 6.92 Å². The highest BCUT2D eigenvalue weighted by atomic mass is 79.9. The molecule has 0 atom stereocenters. The van der Waals surface area contributed by atoms with Gasteiger partial charge < -0.3 is 15.8 Å². The molecule has 0 aliphatic rings. The van der Waals surface area contributed by atoms with Gasteiger partial charge >= 0.3 is 5.97 Å². The lowest BCUT2D eigenvalue weighted by atomic mass is 10.1. The van der Waals surface area contributed by atoms with Crippen LogP contribution in [-0.4, -0.2) is 16.1 Å². The van der Waals surface area contributed by atoms with Crippen LogP contribution in [0.1, 0.15) is 16.1 Å². The molecular weight excluding hydrogens is 284 g/mol. The molecule has 17 heavy (non-hydrogen) atoms. The topological polar surface area (TPSA) is 79.1 Å². The quantitative estimate of drug-likeness (QED) is 0.796. The number of rotatable bonds is 2. The zero-order chi connectivity index (χ0) is 12.6. The molecule has 2 rings (SSSR count). The molecular formula is C12H11BrN2O2. The highest BCUT2D eigenvalue weighted by Crippen LogP contribution is 2.31. The summed E-state index contributed by atoms with van der Waals surface area (Å²) in [5, 5.41) is 9.05. The van der Waals surface area contributed by atoms with Crippen LogP contribution < -0.4 is 5.73 Å². The minimum absolute atomic E-state index is 0.139. The third-order valence-corrected chi connectivity index (χ3v) is 3.05. The molecule has 1 aromatic heterocycles. The first-order chi connectivity index (χ1) is 8.00. The van der Waals surface area contributed by atoms with Gasteiger partial charge in [0.2, 0.25) is 0 Å². The fourth-order valence-corrected chi connectivity index (χ4v) is 2.19. The van der Waals surface area contributed by atoms with Gasteiger partial charge in [0.05, 0.1) is 11.4 Å². The van der Waals surface area contributed by atoms with E-state index in [2.05, 4.69) is 20.9 Å². The number of nitrogens with one attached hydrogen (secondary N) is 1. The molecule has 0 spiro atoms. The number of hydrogen-bond acceptors (Lipinski definition) is 2. The van der Waals surface area contributed by atoms with Gasteiger partial charge in [-0.05, 0) is 19.1 Å². The minimum Gasteiger partial charge on any atom is -0.478 e. The fraction of sp³-hybridized carbons (Fsp3) is 0.0833. The molecule has 1 heterocycles. The number of hydrogen-bond donors (Lipinski definition) is 3. The smallest absolute Gasteiger partial charge is 0.339 e. The number of aromatic amines is 1. The van der Waals surface area contributed by atoms with Crippen LogP contribution in [0.4, 0.5) is 5.69 Å². The number of anilines is 1. The first kappa shape index (κ1) is 11.7. The van der Waals surface area contributed by atoms with Gasteiger partial charge in [0, 0.05) is 15.7 Å². The largest absolute Gasteiger partial charge is 0.478 e. The molecule has 0 unspecified atom stereocenters. The van der Waals surface area contributed by atoms with Crippen molar-refractivity contribution in [1.82, 2.24) is 4.98 Å². The molecule has 88 valence electrons. The Labute approximate surface area is 107 Å². The lowest BCUT2D eigenvalue weighted by Gasteiger charge is -2.01. The maximum absolute atomic E-state index is 11.0. The van der Waals surface area contributed by atoms with Crippen molar-refractivity contribution < 1.29 is 9.90 Å². The summed E-state index contributed by atoms with van der Waals surface area (Å²) in [6.45, 7) is 1.70. The molecule has 0 fully saturated rings. The molecule has 4 N–H and O–H groups in total. The maximum Gasteiger partial charge on any atom is 0.339 e. The monoisotopic (exact) mass is 294 g/mol. The summed E-state index contributed by atoms with van der Waals surface area (Å²) in [5.41, 5.74) is 8.32. The van der Waals surface area contributed by atoms with Crippen molar-refractivity contribution in [3.63, 3.8) is 0 Å². The van der Waals surface area contributed by atoms with Gasteiger partial charge in [-0.3, -0.25) is 0 Å². The van der Waals surface area contributed by atoms with E-state index in [9.17, 15) is 4.79 Å². The predicted octanol–water partition coefficient (Wildman–Crippen LogP) is 3.03. The molecule has 0 saturated carbocycles. The lowest BCUT2D eigenvalue weighted by molar-refractivity contribution is 0.0697. The van der Waals surface area contributed by atoms with Gasteiger partial charge in [-0.2, -0.15) is 0 Å². The van der Waals surface area contributed by atoms with Gasteiger partial charge in [0.15, 0.2) is 0 Å². The third-order valence-electron chi connectivity index (χ3n) is 2.55. The number of H-pyrrole nitrogens is 1. The Hall–Kier alpha value is -1.75. The van der Waals surface area contributed by atoms with E-state index in [1.807, 2.05) is 24.3 Å². The second kappa shape index (κ2) is 4.25. The van der Waals surface area contributed by atoms with Gasteiger partial charge in [0.25, 0.3) is 0 Å². The molecule has 0 aliphatic heterocycles. The van der Waals surface area contributed by atoms with E-state index in [4.69, 9.17) is 10.8 Å². The molecule has 0 aliphatic carbocycles. The van der Waals surface area contributed by atoms with Crippen molar-refractivity contribution in [2.45, 2.75) is 6.92 Å². The number of aromatic nitrogens is 1. The highest BCUT2D eigenvalue weighted by molar-refractivity contribution is 9.10. The van der Waals surface area contributed by atoms with Crippen LogP contribution in [0.15, 0.2) is 28.7 Å². The number of carboxylic acids is 1. The van der Waals surface area contributed by atoms with Gasteiger partial charge in [0.1, 0.15) is 5.56 Å². The Morgan fingerprint density at radius 1 is 1.47 bits per heavy atom. The van der Waals surface area contributed by atoms with Gasteiger partial charge in [-0.25, -0.2) is 4.79 Å². The van der Waals surface area contributed by atoms with E-state index >= 15 is 0 Å². The minimum atomic E-state index is -1.02. The summed E-state index contributed by atoms with van der Waals surface area (Å²) < 4.78 is 0.915. The van der Waals surface area contributed by atoms with Crippen molar-refractivity contribution in [3.05, 3.63) is 40.0 Å². The van der Waals surface area contributed by atoms with Crippen molar-refractivity contribution in [1.29, 1.82) is 0 Å². The number of nitrogen functional groups attached to an aromatic ring is 1. The maximum atomic E-state index is 11.0. The van der Waals surface area contributed by atoms with Crippen LogP contribution in [0.2, 0.25) is 0 Å². The average molecular weight is 295 g/mol. The van der Waals surface area contributed by atoms with Crippen molar-refractivity contribution >= 4 is 27.6 Å². The highest BCUT2D eigenvalue weighted by Gasteiger charge is 2.18. The second-order valence-corrected chi connectivity index (χ2v) is 4.64. The van der Waals surface area contributed by atoms with Crippen LogP contribution in [-0.2, 0) is 0 Å². The number of carboxylic acid groups (broad SMARTS) is 1. The summed E-state index contributed by atoms with van der Waals surface area (Å²) in [5.74, 6) is -1.02. The zero-order valence-corrected chi connectivity index (χ0v) is 10.7. The number of carbonyl (C=O) groups is 1. The number of halogens is 1. The Morgan fingerprint density at radius 3 is 2.71 bits per heavy atom. The van der Waals surface area contributed by atoms with E-state index < -0.39 is 5.97 Å². The molecule has 4 nitrogen and oxygen atoms in total. The summed E-state index contributed by atoms with van der Waals surface area (Å²) >= 11 is 3.37. The standard InChI is InChI=1S/C12H11BrN2O2/c1-6-9(12(16)17)10(14)11(15-6)7-3-2-4-8(13)5-7/h2-5,15H,14H2,1H3,(H,16,17). The number of benzene rings is 1.